The van der Waals surface area contributed by atoms with Crippen molar-refractivity contribution in [3.05, 3.63) is 47.4 Å². The van der Waals surface area contributed by atoms with Crippen molar-refractivity contribution in [1.82, 2.24) is 0 Å². The van der Waals surface area contributed by atoms with Crippen molar-refractivity contribution in [1.29, 1.82) is 0 Å². The number of alkyl halides is 3. The summed E-state index contributed by atoms with van der Waals surface area (Å²) in [4.78, 5) is 1.01. The minimum Gasteiger partial charge on any atom is -0.379 e. The molecule has 2 aromatic rings. The molecule has 20 heavy (non-hydrogen) atoms. The van der Waals surface area contributed by atoms with E-state index in [4.69, 9.17) is 0 Å². The first-order valence-electron chi connectivity index (χ1n) is 5.31. The molecule has 0 bridgehead atoms. The predicted octanol–water partition coefficient (Wildman–Crippen LogP) is 6.67. The highest BCUT2D eigenvalue weighted by Crippen LogP contribution is 2.35. The highest BCUT2D eigenvalue weighted by Gasteiger charge is 2.30. The van der Waals surface area contributed by atoms with Crippen molar-refractivity contribution in [2.75, 3.05) is 5.32 Å². The zero-order valence-corrected chi connectivity index (χ0v) is 15.3. The van der Waals surface area contributed by atoms with E-state index in [1.54, 1.807) is 0 Å². The molecule has 0 aliphatic heterocycles. The van der Waals surface area contributed by atoms with Crippen LogP contribution in [0.2, 0.25) is 0 Å². The highest BCUT2D eigenvalue weighted by molar-refractivity contribution is 9.13. The van der Waals surface area contributed by atoms with Crippen LogP contribution in [0.25, 0.3) is 0 Å². The first kappa shape index (κ1) is 16.3. The van der Waals surface area contributed by atoms with Gasteiger partial charge in [0, 0.05) is 26.1 Å². The lowest BCUT2D eigenvalue weighted by Gasteiger charge is -2.12. The van der Waals surface area contributed by atoms with Gasteiger partial charge in [-0.25, -0.2) is 0 Å². The Hall–Kier alpha value is -0.0500. The lowest BCUT2D eigenvalue weighted by atomic mass is 10.2. The second-order valence-electron chi connectivity index (χ2n) is 3.88. The molecule has 1 N–H and O–H groups in total. The lowest BCUT2D eigenvalue weighted by molar-refractivity contribution is -0.137. The Morgan fingerprint density at radius 3 is 2.30 bits per heavy atom. The summed E-state index contributed by atoms with van der Waals surface area (Å²) in [7, 11) is 0. The summed E-state index contributed by atoms with van der Waals surface area (Å²) in [6, 6.07) is 5.46. The van der Waals surface area contributed by atoms with E-state index < -0.39 is 11.7 Å². The number of hydrogen-bond donors (Lipinski definition) is 1. The average Bonchev–Trinajstić information content (AvgIpc) is 2.66. The third-order valence-corrected chi connectivity index (χ3v) is 6.39. The van der Waals surface area contributed by atoms with Crippen LogP contribution >= 0.6 is 59.1 Å². The zero-order valence-electron chi connectivity index (χ0n) is 9.69. The van der Waals surface area contributed by atoms with E-state index in [9.17, 15) is 13.2 Å². The SMILES string of the molecule is FC(F)(F)c1ccc(Br)c(NCc2cc(Br)c(Br)s2)c1. The minimum atomic E-state index is -4.34. The van der Waals surface area contributed by atoms with Crippen molar-refractivity contribution in [2.24, 2.45) is 0 Å². The number of thiophene rings is 1. The van der Waals surface area contributed by atoms with Crippen LogP contribution in [0.1, 0.15) is 10.4 Å². The van der Waals surface area contributed by atoms with Gasteiger partial charge >= 0.3 is 6.18 Å². The summed E-state index contributed by atoms with van der Waals surface area (Å²) < 4.78 is 40.5. The summed E-state index contributed by atoms with van der Waals surface area (Å²) >= 11 is 11.5. The maximum atomic E-state index is 12.7. The van der Waals surface area contributed by atoms with Gasteiger partial charge in [0.1, 0.15) is 0 Å². The number of benzene rings is 1. The molecule has 1 aromatic heterocycles. The molecule has 108 valence electrons. The smallest absolute Gasteiger partial charge is 0.379 e. The maximum Gasteiger partial charge on any atom is 0.416 e. The van der Waals surface area contributed by atoms with Crippen molar-refractivity contribution in [3.63, 3.8) is 0 Å². The fourth-order valence-electron chi connectivity index (χ4n) is 1.50. The Kier molecular flexibility index (Phi) is 5.20. The van der Waals surface area contributed by atoms with E-state index in [0.29, 0.717) is 16.7 Å². The zero-order chi connectivity index (χ0) is 14.9. The van der Waals surface area contributed by atoms with E-state index >= 15 is 0 Å². The summed E-state index contributed by atoms with van der Waals surface area (Å²) in [5.41, 5.74) is -0.253. The van der Waals surface area contributed by atoms with Crippen LogP contribution in [0.5, 0.6) is 0 Å². The molecule has 0 saturated heterocycles. The summed E-state index contributed by atoms with van der Waals surface area (Å²) in [5, 5.41) is 3.00. The van der Waals surface area contributed by atoms with Gasteiger partial charge in [-0.3, -0.25) is 0 Å². The largest absolute Gasteiger partial charge is 0.416 e. The fourth-order valence-corrected chi connectivity index (χ4v) is 4.00. The normalized spacial score (nSPS) is 11.7. The van der Waals surface area contributed by atoms with Crippen LogP contribution in [0.3, 0.4) is 0 Å². The van der Waals surface area contributed by atoms with Crippen LogP contribution in [0.15, 0.2) is 37.0 Å². The van der Waals surface area contributed by atoms with Crippen LogP contribution in [0, 0.1) is 0 Å². The Bertz CT molecular complexity index is 605. The average molecular weight is 494 g/mol. The molecule has 0 atom stereocenters. The van der Waals surface area contributed by atoms with Crippen LogP contribution in [-0.2, 0) is 12.7 Å². The molecule has 0 fully saturated rings. The standard InChI is InChI=1S/C12H7Br3F3NS/c13-8-2-1-6(12(16,17)18)3-10(8)19-5-7-4-9(14)11(15)20-7/h1-4,19H,5H2. The number of nitrogens with one attached hydrogen (secondary N) is 1. The second-order valence-corrected chi connectivity index (χ2v) is 8.04. The first-order chi connectivity index (χ1) is 9.27. The monoisotopic (exact) mass is 491 g/mol. The molecule has 1 aromatic carbocycles. The van der Waals surface area contributed by atoms with Crippen molar-refractivity contribution >= 4 is 64.8 Å². The number of anilines is 1. The minimum absolute atomic E-state index is 0.417. The molecule has 0 amide bonds. The number of hydrogen-bond acceptors (Lipinski definition) is 2. The van der Waals surface area contributed by atoms with E-state index in [0.717, 1.165) is 25.3 Å². The number of rotatable bonds is 3. The van der Waals surface area contributed by atoms with Gasteiger partial charge in [0.05, 0.1) is 9.35 Å². The van der Waals surface area contributed by atoms with Gasteiger partial charge in [-0.05, 0) is 72.1 Å². The Morgan fingerprint density at radius 1 is 1.05 bits per heavy atom. The quantitative estimate of drug-likeness (QED) is 0.503. The van der Waals surface area contributed by atoms with E-state index in [1.807, 2.05) is 6.07 Å². The Morgan fingerprint density at radius 2 is 1.75 bits per heavy atom. The molecule has 0 saturated carbocycles. The van der Waals surface area contributed by atoms with Crippen LogP contribution < -0.4 is 5.32 Å². The third kappa shape index (κ3) is 3.99. The second kappa shape index (κ2) is 6.37. The molecular weight excluding hydrogens is 487 g/mol. The summed E-state index contributed by atoms with van der Waals surface area (Å²) in [5.74, 6) is 0. The molecule has 1 heterocycles. The molecule has 2 rings (SSSR count). The predicted molar refractivity (Wildman–Crippen MR) is 86.2 cm³/mol. The van der Waals surface area contributed by atoms with Crippen molar-refractivity contribution in [3.8, 4) is 0 Å². The maximum absolute atomic E-state index is 12.7. The lowest BCUT2D eigenvalue weighted by Crippen LogP contribution is -2.06. The van der Waals surface area contributed by atoms with E-state index in [1.165, 1.54) is 17.4 Å². The van der Waals surface area contributed by atoms with E-state index in [2.05, 4.69) is 53.1 Å². The Balaban J connectivity index is 2.16. The Labute approximate surface area is 143 Å². The molecule has 8 heteroatoms. The molecule has 0 radical (unpaired) electrons. The van der Waals surface area contributed by atoms with Crippen molar-refractivity contribution in [2.45, 2.75) is 12.7 Å². The van der Waals surface area contributed by atoms with Crippen LogP contribution in [-0.4, -0.2) is 0 Å². The molecule has 1 nitrogen and oxygen atoms in total. The van der Waals surface area contributed by atoms with E-state index in [-0.39, 0.29) is 0 Å². The van der Waals surface area contributed by atoms with Gasteiger partial charge in [-0.15, -0.1) is 11.3 Å². The molecular formula is C12H7Br3F3NS. The first-order valence-corrected chi connectivity index (χ1v) is 8.51. The molecule has 0 unspecified atom stereocenters. The summed E-state index contributed by atoms with van der Waals surface area (Å²) in [6.07, 6.45) is -4.34. The molecule has 0 aliphatic carbocycles. The van der Waals surface area contributed by atoms with Gasteiger partial charge in [-0.1, -0.05) is 0 Å². The van der Waals surface area contributed by atoms with Crippen molar-refractivity contribution < 1.29 is 13.2 Å². The van der Waals surface area contributed by atoms with Gasteiger partial charge < -0.3 is 5.32 Å². The fraction of sp³-hybridized carbons (Fsp3) is 0.167. The highest BCUT2D eigenvalue weighted by atomic mass is 79.9. The molecule has 0 spiro atoms. The van der Waals surface area contributed by atoms with Crippen LogP contribution in [0.4, 0.5) is 18.9 Å². The topological polar surface area (TPSA) is 12.0 Å². The van der Waals surface area contributed by atoms with Gasteiger partial charge in [0.2, 0.25) is 0 Å². The molecule has 0 aliphatic rings. The van der Waals surface area contributed by atoms with Gasteiger partial charge in [-0.2, -0.15) is 13.2 Å². The van der Waals surface area contributed by atoms with Gasteiger partial charge in [0.25, 0.3) is 0 Å². The third-order valence-electron chi connectivity index (χ3n) is 2.44. The van der Waals surface area contributed by atoms with Gasteiger partial charge in [0.15, 0.2) is 0 Å². The number of halogens is 6. The summed E-state index contributed by atoms with van der Waals surface area (Å²) in [6.45, 7) is 0.453.